The maximum absolute atomic E-state index is 12.8. The first-order chi connectivity index (χ1) is 11.1. The summed E-state index contributed by atoms with van der Waals surface area (Å²) in [4.78, 5) is 12.8. The number of fused-ring (bicyclic) bond motifs is 1. The Kier molecular flexibility index (Phi) is 5.12. The van der Waals surface area contributed by atoms with E-state index in [-0.39, 0.29) is 5.41 Å². The summed E-state index contributed by atoms with van der Waals surface area (Å²) in [5, 5.41) is 0.379. The predicted octanol–water partition coefficient (Wildman–Crippen LogP) is 4.97. The number of rotatable bonds is 3. The topological polar surface area (TPSA) is 26.3 Å². The molecule has 0 radical (unpaired) electrons. The van der Waals surface area contributed by atoms with E-state index < -0.39 is 0 Å². The van der Waals surface area contributed by atoms with Gasteiger partial charge in [-0.1, -0.05) is 55.4 Å². The Labute approximate surface area is 148 Å². The molecule has 1 unspecified atom stereocenters. The molecule has 3 rings (SSSR count). The normalized spacial score (nSPS) is 33.3. The predicted molar refractivity (Wildman–Crippen MR) is 99.9 cm³/mol. The lowest BCUT2D eigenvalue weighted by molar-refractivity contribution is -0.127. The third-order valence-electron chi connectivity index (χ3n) is 5.53. The van der Waals surface area contributed by atoms with Gasteiger partial charge in [0.05, 0.1) is 6.61 Å². The van der Waals surface area contributed by atoms with E-state index in [4.69, 9.17) is 17.0 Å². The Morgan fingerprint density at radius 1 is 1.39 bits per heavy atom. The zero-order valence-electron chi connectivity index (χ0n) is 13.8. The van der Waals surface area contributed by atoms with E-state index in [1.54, 1.807) is 11.8 Å². The first-order valence-electron chi connectivity index (χ1n) is 8.48. The molecule has 0 aliphatic heterocycles. The molecule has 23 heavy (non-hydrogen) atoms. The van der Waals surface area contributed by atoms with Gasteiger partial charge in [-0.2, -0.15) is 0 Å². The van der Waals surface area contributed by atoms with Crippen LogP contribution in [-0.4, -0.2) is 22.0 Å². The van der Waals surface area contributed by atoms with Gasteiger partial charge in [-0.15, -0.1) is 0 Å². The Balaban J connectivity index is 1.90. The van der Waals surface area contributed by atoms with Crippen molar-refractivity contribution in [1.29, 1.82) is 0 Å². The average Bonchev–Trinajstić information content (AvgIpc) is 2.81. The monoisotopic (exact) mass is 348 g/mol. The van der Waals surface area contributed by atoms with Crippen molar-refractivity contribution in [2.24, 2.45) is 11.3 Å². The van der Waals surface area contributed by atoms with Gasteiger partial charge in [0.25, 0.3) is 0 Å². The molecule has 1 aromatic carbocycles. The number of carbonyl (C=O) groups excluding carboxylic acids is 1. The van der Waals surface area contributed by atoms with E-state index in [1.807, 2.05) is 13.0 Å². The standard InChI is InChI=1S/C19H24O2S2/c1-3-21-18(22)23-15-10-7-11-19(2)16(20)12-14(17(15)19)13-8-5-4-6-9-13/h4-6,8-9,14-15,17H,3,7,10-12H2,1-2H3/t14-,15?,17+,19+/m1/s1. The third-order valence-corrected chi connectivity index (χ3v) is 7.08. The van der Waals surface area contributed by atoms with E-state index in [9.17, 15) is 4.79 Å². The zero-order chi connectivity index (χ0) is 16.4. The number of Topliss-reactive ketones (excluding diaryl/α,β-unsaturated/α-hetero) is 1. The second kappa shape index (κ2) is 6.94. The summed E-state index contributed by atoms with van der Waals surface area (Å²) >= 11 is 7.05. The van der Waals surface area contributed by atoms with Crippen LogP contribution in [0.15, 0.2) is 30.3 Å². The molecular weight excluding hydrogens is 324 g/mol. The van der Waals surface area contributed by atoms with Gasteiger partial charge < -0.3 is 4.74 Å². The van der Waals surface area contributed by atoms with Crippen LogP contribution in [-0.2, 0) is 9.53 Å². The first kappa shape index (κ1) is 17.0. The van der Waals surface area contributed by atoms with Crippen molar-refractivity contribution >= 4 is 34.1 Å². The summed E-state index contributed by atoms with van der Waals surface area (Å²) < 4.78 is 6.14. The van der Waals surface area contributed by atoms with Gasteiger partial charge >= 0.3 is 0 Å². The van der Waals surface area contributed by atoms with Gasteiger partial charge in [-0.3, -0.25) is 4.79 Å². The third kappa shape index (κ3) is 3.20. The van der Waals surface area contributed by atoms with Crippen LogP contribution in [0.5, 0.6) is 0 Å². The van der Waals surface area contributed by atoms with Crippen LogP contribution >= 0.6 is 24.0 Å². The summed E-state index contributed by atoms with van der Waals surface area (Å²) in [5.41, 5.74) is 1.10. The highest BCUT2D eigenvalue weighted by molar-refractivity contribution is 8.23. The van der Waals surface area contributed by atoms with Crippen LogP contribution in [0.25, 0.3) is 0 Å². The van der Waals surface area contributed by atoms with Crippen LogP contribution in [0, 0.1) is 11.3 Å². The molecule has 124 valence electrons. The molecule has 4 heteroatoms. The van der Waals surface area contributed by atoms with Crippen molar-refractivity contribution < 1.29 is 9.53 Å². The number of ether oxygens (including phenoxy) is 1. The minimum absolute atomic E-state index is 0.196. The van der Waals surface area contributed by atoms with Crippen molar-refractivity contribution in [1.82, 2.24) is 0 Å². The molecule has 2 aliphatic carbocycles. The number of hydrogen-bond donors (Lipinski definition) is 0. The molecule has 2 saturated carbocycles. The number of benzene rings is 1. The van der Waals surface area contributed by atoms with Crippen LogP contribution in [0.3, 0.4) is 0 Å². The Morgan fingerprint density at radius 2 is 2.13 bits per heavy atom. The quantitative estimate of drug-likeness (QED) is 0.720. The molecule has 0 amide bonds. The number of thiocarbonyl (C=S) groups is 1. The van der Waals surface area contributed by atoms with Crippen LogP contribution in [0.1, 0.15) is 51.0 Å². The smallest absolute Gasteiger partial charge is 0.220 e. The van der Waals surface area contributed by atoms with E-state index in [2.05, 4.69) is 31.2 Å². The second-order valence-corrected chi connectivity index (χ2v) is 8.66. The first-order valence-corrected chi connectivity index (χ1v) is 9.76. The number of carbonyl (C=O) groups is 1. The SMILES string of the molecule is CCOC(=S)SC1CCC[C@@]2(C)C(=O)C[C@H](c3ccccc3)[C@@H]12. The van der Waals surface area contributed by atoms with Crippen molar-refractivity contribution in [3.63, 3.8) is 0 Å². The highest BCUT2D eigenvalue weighted by atomic mass is 32.2. The molecule has 0 bridgehead atoms. The molecule has 0 saturated heterocycles. The van der Waals surface area contributed by atoms with Crippen LogP contribution in [0.4, 0.5) is 0 Å². The minimum Gasteiger partial charge on any atom is -0.479 e. The lowest BCUT2D eigenvalue weighted by Gasteiger charge is -2.42. The molecule has 0 spiro atoms. The maximum atomic E-state index is 12.8. The molecule has 1 aromatic rings. The average molecular weight is 349 g/mol. The van der Waals surface area contributed by atoms with E-state index in [1.165, 1.54) is 5.56 Å². The Bertz CT molecular complexity index is 586. The highest BCUT2D eigenvalue weighted by Crippen LogP contribution is 2.58. The largest absolute Gasteiger partial charge is 0.479 e. The van der Waals surface area contributed by atoms with Crippen molar-refractivity contribution in [3.8, 4) is 0 Å². The van der Waals surface area contributed by atoms with Crippen molar-refractivity contribution in [2.75, 3.05) is 6.61 Å². The number of thioether (sulfide) groups is 1. The van der Waals surface area contributed by atoms with Crippen LogP contribution < -0.4 is 0 Å². The van der Waals surface area contributed by atoms with Gasteiger partial charge in [0.15, 0.2) is 0 Å². The Morgan fingerprint density at radius 3 is 2.83 bits per heavy atom. The van der Waals surface area contributed by atoms with Crippen molar-refractivity contribution in [2.45, 2.75) is 50.7 Å². The molecule has 0 heterocycles. The van der Waals surface area contributed by atoms with Gasteiger partial charge in [0.2, 0.25) is 4.38 Å². The summed E-state index contributed by atoms with van der Waals surface area (Å²) in [6, 6.07) is 10.5. The maximum Gasteiger partial charge on any atom is 0.220 e. The number of ketones is 1. The van der Waals surface area contributed by atoms with E-state index in [0.717, 1.165) is 19.3 Å². The molecule has 0 N–H and O–H groups in total. The zero-order valence-corrected chi connectivity index (χ0v) is 15.4. The molecular formula is C19H24O2S2. The van der Waals surface area contributed by atoms with Gasteiger partial charge in [0.1, 0.15) is 5.78 Å². The highest BCUT2D eigenvalue weighted by Gasteiger charge is 2.56. The minimum atomic E-state index is -0.196. The molecule has 0 aromatic heterocycles. The summed E-state index contributed by atoms with van der Waals surface area (Å²) in [6.07, 6.45) is 3.91. The lowest BCUT2D eigenvalue weighted by Crippen LogP contribution is -2.40. The Hall–Kier alpha value is -0.870. The number of hydrogen-bond acceptors (Lipinski definition) is 4. The second-order valence-electron chi connectivity index (χ2n) is 6.82. The summed E-state index contributed by atoms with van der Waals surface area (Å²) in [6.45, 7) is 4.75. The fourth-order valence-electron chi connectivity index (χ4n) is 4.45. The van der Waals surface area contributed by atoms with Gasteiger partial charge in [-0.05, 0) is 49.4 Å². The fraction of sp³-hybridized carbons (Fsp3) is 0.579. The van der Waals surface area contributed by atoms with Gasteiger partial charge in [-0.25, -0.2) is 0 Å². The lowest BCUT2D eigenvalue weighted by atomic mass is 9.66. The molecule has 2 fully saturated rings. The van der Waals surface area contributed by atoms with E-state index in [0.29, 0.717) is 40.3 Å². The molecule has 2 nitrogen and oxygen atoms in total. The summed E-state index contributed by atoms with van der Waals surface area (Å²) in [5.74, 6) is 1.11. The van der Waals surface area contributed by atoms with E-state index >= 15 is 0 Å². The fourth-order valence-corrected chi connectivity index (χ4v) is 6.29. The van der Waals surface area contributed by atoms with Crippen molar-refractivity contribution in [3.05, 3.63) is 35.9 Å². The van der Waals surface area contributed by atoms with Crippen LogP contribution in [0.2, 0.25) is 0 Å². The molecule has 2 aliphatic rings. The van der Waals surface area contributed by atoms with Gasteiger partial charge in [0, 0.05) is 17.1 Å². The summed E-state index contributed by atoms with van der Waals surface area (Å²) in [7, 11) is 0. The molecule has 4 atom stereocenters.